The number of carbonyl (C=O) groups is 1. The number of aryl methyl sites for hydroxylation is 1. The van der Waals surface area contributed by atoms with Crippen molar-refractivity contribution in [1.82, 2.24) is 14.9 Å². The fourth-order valence-corrected chi connectivity index (χ4v) is 2.32. The van der Waals surface area contributed by atoms with E-state index in [2.05, 4.69) is 15.3 Å². The molecule has 0 spiro atoms. The minimum Gasteiger partial charge on any atom is -0.334 e. The zero-order valence-electron chi connectivity index (χ0n) is 10.5. The fraction of sp³-hybridized carbons (Fsp3) is 0.154. The highest BCUT2D eigenvalue weighted by molar-refractivity contribution is 8.13. The number of aromatic nitrogens is 2. The molecule has 1 N–H and O–H groups in total. The molecule has 3 rings (SSSR count). The maximum absolute atomic E-state index is 11.7. The van der Waals surface area contributed by atoms with Crippen molar-refractivity contribution in [2.75, 3.05) is 6.26 Å². The number of carbonyl (C=O) groups excluding carboxylic acids is 1. The van der Waals surface area contributed by atoms with Gasteiger partial charge >= 0.3 is 0 Å². The number of hydrogen-bond acceptors (Lipinski definition) is 4. The van der Waals surface area contributed by atoms with Gasteiger partial charge in [0.05, 0.1) is 17.4 Å². The van der Waals surface area contributed by atoms with Gasteiger partial charge < -0.3 is 4.57 Å². The van der Waals surface area contributed by atoms with Crippen molar-refractivity contribution in [1.29, 1.82) is 0 Å². The first-order valence-electron chi connectivity index (χ1n) is 5.74. The van der Waals surface area contributed by atoms with Crippen molar-refractivity contribution < 1.29 is 4.79 Å². The first-order chi connectivity index (χ1) is 9.17. The van der Waals surface area contributed by atoms with E-state index in [1.165, 1.54) is 11.8 Å². The molecular weight excluding hydrogens is 260 g/mol. The largest absolute Gasteiger partial charge is 0.334 e. The van der Waals surface area contributed by atoms with E-state index >= 15 is 0 Å². The van der Waals surface area contributed by atoms with Gasteiger partial charge in [-0.05, 0) is 30.0 Å². The maximum Gasteiger partial charge on any atom is 0.275 e. The second-order valence-corrected chi connectivity index (χ2v) is 5.00. The summed E-state index contributed by atoms with van der Waals surface area (Å²) in [6.45, 7) is 0. The van der Waals surface area contributed by atoms with Crippen LogP contribution in [-0.2, 0) is 11.8 Å². The van der Waals surface area contributed by atoms with Gasteiger partial charge in [0.15, 0.2) is 5.17 Å². The molecule has 5 nitrogen and oxygen atoms in total. The molecule has 0 saturated heterocycles. The smallest absolute Gasteiger partial charge is 0.275 e. The number of nitrogens with one attached hydrogen (secondary N) is 1. The molecule has 0 bridgehead atoms. The van der Waals surface area contributed by atoms with Crippen LogP contribution in [0.2, 0.25) is 0 Å². The molecule has 0 atom stereocenters. The van der Waals surface area contributed by atoms with Gasteiger partial charge in [0.1, 0.15) is 5.70 Å². The summed E-state index contributed by atoms with van der Waals surface area (Å²) in [6, 6.07) is 5.87. The highest BCUT2D eigenvalue weighted by atomic mass is 32.2. The van der Waals surface area contributed by atoms with Crippen LogP contribution >= 0.6 is 11.8 Å². The summed E-state index contributed by atoms with van der Waals surface area (Å²) in [6.07, 6.45) is 5.43. The molecule has 1 amide bonds. The average molecular weight is 272 g/mol. The minimum atomic E-state index is -0.158. The Balaban J connectivity index is 2.03. The molecule has 1 aromatic heterocycles. The van der Waals surface area contributed by atoms with Gasteiger partial charge in [0, 0.05) is 7.05 Å². The second kappa shape index (κ2) is 4.55. The third-order valence-corrected chi connectivity index (χ3v) is 3.50. The van der Waals surface area contributed by atoms with E-state index in [0.29, 0.717) is 10.9 Å². The number of fused-ring (bicyclic) bond motifs is 1. The molecular formula is C13H12N4OS. The first kappa shape index (κ1) is 12.0. The first-order valence-corrected chi connectivity index (χ1v) is 6.96. The molecule has 6 heteroatoms. The number of imidazole rings is 1. The summed E-state index contributed by atoms with van der Waals surface area (Å²) in [5.41, 5.74) is 3.34. The van der Waals surface area contributed by atoms with E-state index in [1.54, 1.807) is 12.4 Å². The van der Waals surface area contributed by atoms with Gasteiger partial charge in [-0.25, -0.2) is 9.98 Å². The zero-order chi connectivity index (χ0) is 13.4. The van der Waals surface area contributed by atoms with Gasteiger partial charge in [0.25, 0.3) is 5.91 Å². The monoisotopic (exact) mass is 272 g/mol. The molecule has 2 heterocycles. The summed E-state index contributed by atoms with van der Waals surface area (Å²) in [5, 5.41) is 3.34. The van der Waals surface area contributed by atoms with E-state index < -0.39 is 0 Å². The molecule has 19 heavy (non-hydrogen) atoms. The third kappa shape index (κ3) is 2.15. The lowest BCUT2D eigenvalue weighted by Crippen LogP contribution is -2.21. The van der Waals surface area contributed by atoms with Crippen molar-refractivity contribution in [2.45, 2.75) is 0 Å². The predicted octanol–water partition coefficient (Wildman–Crippen LogP) is 1.76. The molecule has 1 aliphatic rings. The number of nitrogens with zero attached hydrogens (tertiary/aromatic N) is 3. The van der Waals surface area contributed by atoms with Crippen molar-refractivity contribution in [3.63, 3.8) is 0 Å². The Bertz CT molecular complexity index is 729. The van der Waals surface area contributed by atoms with E-state index in [-0.39, 0.29) is 5.91 Å². The molecule has 1 aliphatic heterocycles. The number of aliphatic imine (C=N–C) groups is 1. The minimum absolute atomic E-state index is 0.158. The van der Waals surface area contributed by atoms with Crippen LogP contribution in [0.15, 0.2) is 35.2 Å². The van der Waals surface area contributed by atoms with Crippen molar-refractivity contribution in [3.05, 3.63) is 35.8 Å². The standard InChI is InChI=1S/C13H12N4OS/c1-17-7-14-9-4-3-8(6-11(9)17)5-10-12(18)16-13(15-10)19-2/h3-7H,1-2H3,(H,15,16,18)/b10-5-. The van der Waals surface area contributed by atoms with E-state index in [1.807, 2.05) is 36.1 Å². The maximum atomic E-state index is 11.7. The zero-order valence-corrected chi connectivity index (χ0v) is 11.4. The summed E-state index contributed by atoms with van der Waals surface area (Å²) >= 11 is 1.42. The average Bonchev–Trinajstić information content (AvgIpc) is 2.95. The summed E-state index contributed by atoms with van der Waals surface area (Å²) in [4.78, 5) is 20.2. The van der Waals surface area contributed by atoms with Gasteiger partial charge in [-0.1, -0.05) is 17.8 Å². The van der Waals surface area contributed by atoms with Gasteiger partial charge in [-0.3, -0.25) is 10.1 Å². The molecule has 1 aromatic carbocycles. The third-order valence-electron chi connectivity index (χ3n) is 2.92. The van der Waals surface area contributed by atoms with Crippen LogP contribution in [0.5, 0.6) is 0 Å². The van der Waals surface area contributed by atoms with Crippen molar-refractivity contribution in [3.8, 4) is 0 Å². The van der Waals surface area contributed by atoms with Gasteiger partial charge in [-0.2, -0.15) is 0 Å². The Morgan fingerprint density at radius 1 is 1.42 bits per heavy atom. The molecule has 0 saturated carbocycles. The lowest BCUT2D eigenvalue weighted by molar-refractivity contribution is -0.115. The van der Waals surface area contributed by atoms with Gasteiger partial charge in [-0.15, -0.1) is 0 Å². The molecule has 2 aromatic rings. The molecule has 0 fully saturated rings. The van der Waals surface area contributed by atoms with E-state index in [4.69, 9.17) is 0 Å². The van der Waals surface area contributed by atoms with Crippen LogP contribution in [0, 0.1) is 0 Å². The van der Waals surface area contributed by atoms with Gasteiger partial charge in [0.2, 0.25) is 0 Å². The van der Waals surface area contributed by atoms with Crippen molar-refractivity contribution in [2.24, 2.45) is 12.0 Å². The van der Waals surface area contributed by atoms with Crippen LogP contribution < -0.4 is 5.32 Å². The highest BCUT2D eigenvalue weighted by Crippen LogP contribution is 2.19. The highest BCUT2D eigenvalue weighted by Gasteiger charge is 2.18. The normalized spacial score (nSPS) is 17.1. The van der Waals surface area contributed by atoms with Crippen LogP contribution in [0.25, 0.3) is 17.1 Å². The van der Waals surface area contributed by atoms with Crippen LogP contribution in [0.3, 0.4) is 0 Å². The molecule has 96 valence electrons. The number of hydrogen-bond donors (Lipinski definition) is 1. The number of amides is 1. The second-order valence-electron chi connectivity index (χ2n) is 4.21. The van der Waals surface area contributed by atoms with E-state index in [0.717, 1.165) is 16.6 Å². The van der Waals surface area contributed by atoms with Crippen LogP contribution in [0.4, 0.5) is 0 Å². The quantitative estimate of drug-likeness (QED) is 0.805. The Kier molecular flexibility index (Phi) is 2.87. The summed E-state index contributed by atoms with van der Waals surface area (Å²) < 4.78 is 1.95. The Labute approximate surface area is 114 Å². The predicted molar refractivity (Wildman–Crippen MR) is 77.8 cm³/mol. The molecule has 0 aliphatic carbocycles. The number of thioether (sulfide) groups is 1. The van der Waals surface area contributed by atoms with E-state index in [9.17, 15) is 4.79 Å². The lowest BCUT2D eigenvalue weighted by atomic mass is 10.1. The van der Waals surface area contributed by atoms with Crippen LogP contribution in [-0.4, -0.2) is 26.9 Å². The summed E-state index contributed by atoms with van der Waals surface area (Å²) in [7, 11) is 1.94. The fourth-order valence-electron chi connectivity index (χ4n) is 1.93. The number of amidine groups is 1. The topological polar surface area (TPSA) is 59.3 Å². The Morgan fingerprint density at radius 2 is 2.26 bits per heavy atom. The molecule has 0 unspecified atom stereocenters. The SMILES string of the molecule is CSC1=N/C(=C\c2ccc3ncn(C)c3c2)C(=O)N1. The Hall–Kier alpha value is -2.08. The Morgan fingerprint density at radius 3 is 3.00 bits per heavy atom. The number of rotatable bonds is 1. The molecule has 0 radical (unpaired) electrons. The van der Waals surface area contributed by atoms with Crippen molar-refractivity contribution >= 4 is 39.9 Å². The summed E-state index contributed by atoms with van der Waals surface area (Å²) in [5.74, 6) is -0.158. The number of benzene rings is 1. The lowest BCUT2D eigenvalue weighted by Gasteiger charge is -1.97. The van der Waals surface area contributed by atoms with Crippen LogP contribution in [0.1, 0.15) is 5.56 Å².